The van der Waals surface area contributed by atoms with Gasteiger partial charge < -0.3 is 20.1 Å². The lowest BCUT2D eigenvalue weighted by Crippen LogP contribution is -2.41. The Morgan fingerprint density at radius 3 is 2.71 bits per heavy atom. The lowest BCUT2D eigenvalue weighted by atomic mass is 10.0. The quantitative estimate of drug-likeness (QED) is 0.385. The van der Waals surface area contributed by atoms with Gasteiger partial charge >= 0.3 is 0 Å². The first kappa shape index (κ1) is 25.5. The van der Waals surface area contributed by atoms with Gasteiger partial charge in [0.1, 0.15) is 12.4 Å². The first-order valence-electron chi connectivity index (χ1n) is 11.9. The number of hydrogen-bond donors (Lipinski definition) is 2. The molecule has 1 aliphatic heterocycles. The molecule has 1 atom stereocenters. The van der Waals surface area contributed by atoms with Crippen molar-refractivity contribution in [2.45, 2.75) is 71.5 Å². The highest BCUT2D eigenvalue weighted by atomic mass is 16.5. The van der Waals surface area contributed by atoms with Crippen molar-refractivity contribution in [3.63, 3.8) is 0 Å². The number of nitrogens with one attached hydrogen (secondary N) is 2. The van der Waals surface area contributed by atoms with E-state index in [0.717, 1.165) is 63.2 Å². The average molecular weight is 433 g/mol. The van der Waals surface area contributed by atoms with Crippen LogP contribution in [0.15, 0.2) is 29.3 Å². The molecule has 6 heteroatoms. The Kier molecular flexibility index (Phi) is 11.8. The normalized spacial score (nSPS) is 16.5. The van der Waals surface area contributed by atoms with Crippen LogP contribution in [0.4, 0.5) is 0 Å². The van der Waals surface area contributed by atoms with E-state index < -0.39 is 0 Å². The van der Waals surface area contributed by atoms with E-state index in [1.54, 1.807) is 0 Å². The average Bonchev–Trinajstić information content (AvgIpc) is 2.77. The number of likely N-dealkylation sites (N-methyl/N-ethyl adjacent to an activating group) is 1. The first-order chi connectivity index (χ1) is 15.0. The van der Waals surface area contributed by atoms with E-state index in [2.05, 4.69) is 66.5 Å². The van der Waals surface area contributed by atoms with Gasteiger partial charge in [-0.25, -0.2) is 0 Å². The summed E-state index contributed by atoms with van der Waals surface area (Å²) in [7, 11) is 4.01. The number of ether oxygens (including phenoxy) is 2. The summed E-state index contributed by atoms with van der Waals surface area (Å²) in [6.07, 6.45) is 5.90. The topological polar surface area (TPSA) is 58.1 Å². The molecular weight excluding hydrogens is 388 g/mol. The highest BCUT2D eigenvalue weighted by Gasteiger charge is 2.18. The van der Waals surface area contributed by atoms with Crippen LogP contribution in [0, 0.1) is 5.92 Å². The Balaban J connectivity index is 1.71. The Hall–Kier alpha value is -1.79. The molecule has 1 fully saturated rings. The summed E-state index contributed by atoms with van der Waals surface area (Å²) < 4.78 is 11.5. The first-order valence-corrected chi connectivity index (χ1v) is 11.9. The van der Waals surface area contributed by atoms with E-state index in [0.29, 0.717) is 18.7 Å². The predicted octanol–water partition coefficient (Wildman–Crippen LogP) is 4.06. The summed E-state index contributed by atoms with van der Waals surface area (Å²) in [4.78, 5) is 6.77. The van der Waals surface area contributed by atoms with E-state index in [9.17, 15) is 0 Å². The zero-order chi connectivity index (χ0) is 22.5. The van der Waals surface area contributed by atoms with Gasteiger partial charge in [-0.15, -0.1) is 0 Å². The number of hydrogen-bond acceptors (Lipinski definition) is 4. The van der Waals surface area contributed by atoms with Crippen LogP contribution in [-0.2, 0) is 11.3 Å². The second-order valence-electron chi connectivity index (χ2n) is 9.12. The fourth-order valence-electron chi connectivity index (χ4n) is 3.88. The molecule has 0 spiro atoms. The molecule has 1 unspecified atom stereocenters. The maximum Gasteiger partial charge on any atom is 0.191 e. The molecule has 0 saturated carbocycles. The van der Waals surface area contributed by atoms with Gasteiger partial charge in [-0.1, -0.05) is 38.8 Å². The second-order valence-corrected chi connectivity index (χ2v) is 9.12. The highest BCUT2D eigenvalue weighted by Crippen LogP contribution is 2.15. The van der Waals surface area contributed by atoms with Gasteiger partial charge in [0.2, 0.25) is 0 Å². The van der Waals surface area contributed by atoms with Gasteiger partial charge in [-0.05, 0) is 56.8 Å². The molecule has 2 rings (SSSR count). The molecule has 1 saturated heterocycles. The minimum absolute atomic E-state index is 0.410. The molecule has 31 heavy (non-hydrogen) atoms. The van der Waals surface area contributed by atoms with Crippen molar-refractivity contribution in [3.05, 3.63) is 29.8 Å². The zero-order valence-electron chi connectivity index (χ0n) is 20.3. The SMILES string of the molecule is CN=C(NCc1cccc(OCCN(C)C2CCOCC2)c1)NC(C)CCCC(C)C. The standard InChI is InChI=1S/C25H44N4O2/c1-20(2)8-6-9-21(3)28-25(26-4)27-19-22-10-7-11-24(18-22)31-17-14-29(5)23-12-15-30-16-13-23/h7,10-11,18,20-21,23H,6,8-9,12-17,19H2,1-5H3,(H2,26,27,28). The number of guanidine groups is 1. The van der Waals surface area contributed by atoms with Crippen molar-refractivity contribution >= 4 is 5.96 Å². The number of nitrogens with zero attached hydrogens (tertiary/aromatic N) is 2. The van der Waals surface area contributed by atoms with Crippen LogP contribution in [0.2, 0.25) is 0 Å². The fourth-order valence-corrected chi connectivity index (χ4v) is 3.88. The molecule has 1 heterocycles. The minimum atomic E-state index is 0.410. The van der Waals surface area contributed by atoms with Gasteiger partial charge in [-0.2, -0.15) is 0 Å². The van der Waals surface area contributed by atoms with E-state index >= 15 is 0 Å². The van der Waals surface area contributed by atoms with Crippen LogP contribution >= 0.6 is 0 Å². The van der Waals surface area contributed by atoms with Crippen LogP contribution in [0.3, 0.4) is 0 Å². The van der Waals surface area contributed by atoms with Crippen molar-refractivity contribution in [2.24, 2.45) is 10.9 Å². The van der Waals surface area contributed by atoms with Gasteiger partial charge in [0, 0.05) is 45.4 Å². The van der Waals surface area contributed by atoms with Crippen LogP contribution in [0.1, 0.15) is 58.4 Å². The van der Waals surface area contributed by atoms with Crippen molar-refractivity contribution < 1.29 is 9.47 Å². The minimum Gasteiger partial charge on any atom is -0.492 e. The molecule has 1 aliphatic rings. The second kappa shape index (κ2) is 14.3. The molecule has 0 aliphatic carbocycles. The number of rotatable bonds is 12. The van der Waals surface area contributed by atoms with Gasteiger partial charge in [0.05, 0.1) is 0 Å². The Morgan fingerprint density at radius 1 is 1.23 bits per heavy atom. The zero-order valence-corrected chi connectivity index (χ0v) is 20.3. The van der Waals surface area contributed by atoms with Crippen LogP contribution < -0.4 is 15.4 Å². The fraction of sp³-hybridized carbons (Fsp3) is 0.720. The monoisotopic (exact) mass is 432 g/mol. The Morgan fingerprint density at radius 2 is 2.00 bits per heavy atom. The molecule has 176 valence electrons. The maximum absolute atomic E-state index is 6.02. The van der Waals surface area contributed by atoms with E-state index in [1.807, 2.05) is 13.1 Å². The van der Waals surface area contributed by atoms with Crippen LogP contribution in [-0.4, -0.2) is 63.4 Å². The molecule has 6 nitrogen and oxygen atoms in total. The summed E-state index contributed by atoms with van der Waals surface area (Å²) in [6, 6.07) is 9.34. The number of aliphatic imine (C=N–C) groups is 1. The third-order valence-corrected chi connectivity index (χ3v) is 5.91. The molecule has 0 radical (unpaired) electrons. The van der Waals surface area contributed by atoms with Gasteiger partial charge in [-0.3, -0.25) is 9.89 Å². The molecule has 0 amide bonds. The summed E-state index contributed by atoms with van der Waals surface area (Å²) in [5.41, 5.74) is 1.19. The smallest absolute Gasteiger partial charge is 0.191 e. The summed E-state index contributed by atoms with van der Waals surface area (Å²) in [6.45, 7) is 10.9. The molecule has 1 aromatic rings. The van der Waals surface area contributed by atoms with Crippen LogP contribution in [0.25, 0.3) is 0 Å². The lowest BCUT2D eigenvalue weighted by molar-refractivity contribution is 0.0392. The lowest BCUT2D eigenvalue weighted by Gasteiger charge is -2.31. The molecular formula is C25H44N4O2. The Labute approximate surface area is 189 Å². The molecule has 0 aromatic heterocycles. The largest absolute Gasteiger partial charge is 0.492 e. The summed E-state index contributed by atoms with van der Waals surface area (Å²) in [5.74, 6) is 2.53. The molecule has 1 aromatic carbocycles. The van der Waals surface area contributed by atoms with Crippen molar-refractivity contribution in [1.82, 2.24) is 15.5 Å². The third-order valence-electron chi connectivity index (χ3n) is 5.91. The highest BCUT2D eigenvalue weighted by molar-refractivity contribution is 5.79. The van der Waals surface area contributed by atoms with Crippen LogP contribution in [0.5, 0.6) is 5.75 Å². The molecule has 0 bridgehead atoms. The van der Waals surface area contributed by atoms with Crippen molar-refractivity contribution in [3.8, 4) is 5.75 Å². The van der Waals surface area contributed by atoms with Crippen molar-refractivity contribution in [2.75, 3.05) is 40.5 Å². The van der Waals surface area contributed by atoms with E-state index in [4.69, 9.17) is 9.47 Å². The van der Waals surface area contributed by atoms with Crippen molar-refractivity contribution in [1.29, 1.82) is 0 Å². The van der Waals surface area contributed by atoms with E-state index in [-0.39, 0.29) is 0 Å². The predicted molar refractivity (Wildman–Crippen MR) is 130 cm³/mol. The Bertz CT molecular complexity index is 644. The molecule has 2 N–H and O–H groups in total. The number of benzene rings is 1. The maximum atomic E-state index is 6.02. The van der Waals surface area contributed by atoms with Gasteiger partial charge in [0.15, 0.2) is 5.96 Å². The van der Waals surface area contributed by atoms with Gasteiger partial charge in [0.25, 0.3) is 0 Å². The van der Waals surface area contributed by atoms with E-state index in [1.165, 1.54) is 18.4 Å². The summed E-state index contributed by atoms with van der Waals surface area (Å²) >= 11 is 0. The third kappa shape index (κ3) is 10.4. The summed E-state index contributed by atoms with van der Waals surface area (Å²) in [5, 5.41) is 6.92.